The first-order valence-electron chi connectivity index (χ1n) is 8.76. The van der Waals surface area contributed by atoms with Gasteiger partial charge in [-0.05, 0) is 43.2 Å². The quantitative estimate of drug-likeness (QED) is 0.696. The summed E-state index contributed by atoms with van der Waals surface area (Å²) >= 11 is 3.37. The van der Waals surface area contributed by atoms with Crippen LogP contribution in [0.25, 0.3) is 5.65 Å². The highest BCUT2D eigenvalue weighted by Crippen LogP contribution is 2.22. The number of halogens is 1. The number of piperidine rings is 1. The molecule has 0 bridgehead atoms. The molecule has 1 saturated heterocycles. The summed E-state index contributed by atoms with van der Waals surface area (Å²) in [6, 6.07) is 10.8. The Morgan fingerprint density at radius 3 is 2.52 bits per heavy atom. The predicted molar refractivity (Wildman–Crippen MR) is 104 cm³/mol. The van der Waals surface area contributed by atoms with Crippen molar-refractivity contribution in [3.05, 3.63) is 58.8 Å². The van der Waals surface area contributed by atoms with Gasteiger partial charge >= 0.3 is 0 Å². The number of hydrogen-bond acceptors (Lipinski definition) is 4. The van der Waals surface area contributed by atoms with E-state index in [4.69, 9.17) is 0 Å². The van der Waals surface area contributed by atoms with E-state index in [9.17, 15) is 9.59 Å². The van der Waals surface area contributed by atoms with Gasteiger partial charge in [0.2, 0.25) is 5.91 Å². The lowest BCUT2D eigenvalue weighted by Crippen LogP contribution is -2.41. The Labute approximate surface area is 164 Å². The molecule has 8 heteroatoms. The zero-order valence-corrected chi connectivity index (χ0v) is 16.1. The predicted octanol–water partition coefficient (Wildman–Crippen LogP) is 2.98. The van der Waals surface area contributed by atoms with Gasteiger partial charge in [0.1, 0.15) is 5.82 Å². The fraction of sp³-hybridized carbons (Fsp3) is 0.263. The number of benzene rings is 1. The Hall–Kier alpha value is -2.74. The maximum Gasteiger partial charge on any atom is 0.253 e. The van der Waals surface area contributed by atoms with Crippen LogP contribution in [0.5, 0.6) is 0 Å². The summed E-state index contributed by atoms with van der Waals surface area (Å²) in [5.74, 6) is 0.434. The van der Waals surface area contributed by atoms with Crippen molar-refractivity contribution in [3.63, 3.8) is 0 Å². The second kappa shape index (κ2) is 7.48. The zero-order valence-electron chi connectivity index (χ0n) is 14.5. The molecular weight excluding hydrogens is 410 g/mol. The normalized spacial score (nSPS) is 15.1. The monoisotopic (exact) mass is 427 g/mol. The molecular formula is C19H18BrN5O2. The maximum atomic E-state index is 12.6. The molecule has 3 aromatic rings. The molecule has 0 spiro atoms. The number of nitrogens with one attached hydrogen (secondary N) is 1. The molecule has 27 heavy (non-hydrogen) atoms. The Morgan fingerprint density at radius 1 is 1.04 bits per heavy atom. The average Bonchev–Trinajstić information content (AvgIpc) is 3.18. The van der Waals surface area contributed by atoms with E-state index in [2.05, 4.69) is 31.3 Å². The molecule has 2 aromatic heterocycles. The molecule has 0 atom stereocenters. The number of aromatic nitrogens is 3. The molecule has 1 aliphatic rings. The molecule has 4 rings (SSSR count). The summed E-state index contributed by atoms with van der Waals surface area (Å²) in [7, 11) is 0. The second-order valence-electron chi connectivity index (χ2n) is 6.49. The number of hydrogen-bond donors (Lipinski definition) is 1. The van der Waals surface area contributed by atoms with Crippen LogP contribution < -0.4 is 5.32 Å². The largest absolute Gasteiger partial charge is 0.339 e. The van der Waals surface area contributed by atoms with Crippen LogP contribution in [0.4, 0.5) is 5.82 Å². The lowest BCUT2D eigenvalue weighted by molar-refractivity contribution is -0.121. The molecule has 0 saturated carbocycles. The van der Waals surface area contributed by atoms with Gasteiger partial charge in [0, 0.05) is 41.3 Å². The molecule has 0 aliphatic carbocycles. The highest BCUT2D eigenvalue weighted by Gasteiger charge is 2.28. The Balaban J connectivity index is 1.37. The minimum absolute atomic E-state index is 0.00809. The first-order chi connectivity index (χ1) is 13.1. The SMILES string of the molecule is O=C(Nc1ccnc2ccnn12)C1CCN(C(=O)c2ccc(Br)cc2)CC1. The lowest BCUT2D eigenvalue weighted by atomic mass is 9.95. The van der Waals surface area contributed by atoms with E-state index >= 15 is 0 Å². The minimum atomic E-state index is -0.127. The number of likely N-dealkylation sites (tertiary alicyclic amines) is 1. The number of anilines is 1. The smallest absolute Gasteiger partial charge is 0.253 e. The third kappa shape index (κ3) is 3.71. The number of carbonyl (C=O) groups excluding carboxylic acids is 2. The van der Waals surface area contributed by atoms with Crippen molar-refractivity contribution < 1.29 is 9.59 Å². The maximum absolute atomic E-state index is 12.6. The van der Waals surface area contributed by atoms with Crippen LogP contribution in [0.1, 0.15) is 23.2 Å². The van der Waals surface area contributed by atoms with Crippen LogP contribution in [0.3, 0.4) is 0 Å². The van der Waals surface area contributed by atoms with Gasteiger partial charge in [0.25, 0.3) is 5.91 Å². The van der Waals surface area contributed by atoms with Crippen molar-refractivity contribution in [1.29, 1.82) is 0 Å². The van der Waals surface area contributed by atoms with Crippen molar-refractivity contribution >= 4 is 39.2 Å². The number of rotatable bonds is 3. The van der Waals surface area contributed by atoms with Crippen LogP contribution >= 0.6 is 15.9 Å². The summed E-state index contributed by atoms with van der Waals surface area (Å²) < 4.78 is 2.54. The van der Waals surface area contributed by atoms with Crippen LogP contribution in [0.15, 0.2) is 53.3 Å². The van der Waals surface area contributed by atoms with E-state index < -0.39 is 0 Å². The standard InChI is InChI=1S/C19H18BrN5O2/c20-15-3-1-14(2-4-15)19(27)24-11-7-13(8-12-24)18(26)23-17-5-9-21-16-6-10-22-25(16)17/h1-6,9-10,13H,7-8,11-12H2,(H,23,26). The summed E-state index contributed by atoms with van der Waals surface area (Å²) in [4.78, 5) is 31.2. The Bertz CT molecular complexity index is 977. The molecule has 0 unspecified atom stereocenters. The first kappa shape index (κ1) is 17.7. The molecule has 3 heterocycles. The van der Waals surface area contributed by atoms with Crippen LogP contribution in [0.2, 0.25) is 0 Å². The second-order valence-corrected chi connectivity index (χ2v) is 7.41. The van der Waals surface area contributed by atoms with Crippen LogP contribution in [0, 0.1) is 5.92 Å². The van der Waals surface area contributed by atoms with Gasteiger partial charge in [-0.15, -0.1) is 0 Å². The number of amides is 2. The molecule has 1 aliphatic heterocycles. The fourth-order valence-electron chi connectivity index (χ4n) is 3.28. The first-order valence-corrected chi connectivity index (χ1v) is 9.55. The molecule has 0 radical (unpaired) electrons. The lowest BCUT2D eigenvalue weighted by Gasteiger charge is -2.31. The third-order valence-corrected chi connectivity index (χ3v) is 5.31. The van der Waals surface area contributed by atoms with Crippen molar-refractivity contribution in [2.45, 2.75) is 12.8 Å². The van der Waals surface area contributed by atoms with Crippen molar-refractivity contribution in [3.8, 4) is 0 Å². The van der Waals surface area contributed by atoms with Gasteiger partial charge in [-0.3, -0.25) is 9.59 Å². The third-order valence-electron chi connectivity index (χ3n) is 4.79. The molecule has 7 nitrogen and oxygen atoms in total. The van der Waals surface area contributed by atoms with Gasteiger partial charge in [0.15, 0.2) is 5.65 Å². The van der Waals surface area contributed by atoms with Crippen LogP contribution in [-0.4, -0.2) is 44.4 Å². The molecule has 1 aromatic carbocycles. The highest BCUT2D eigenvalue weighted by molar-refractivity contribution is 9.10. The summed E-state index contributed by atoms with van der Waals surface area (Å²) in [5.41, 5.74) is 1.35. The van der Waals surface area contributed by atoms with E-state index in [1.807, 2.05) is 29.2 Å². The average molecular weight is 428 g/mol. The van der Waals surface area contributed by atoms with Gasteiger partial charge in [-0.25, -0.2) is 4.98 Å². The highest BCUT2D eigenvalue weighted by atomic mass is 79.9. The van der Waals surface area contributed by atoms with E-state index in [1.165, 1.54) is 0 Å². The number of carbonyl (C=O) groups is 2. The van der Waals surface area contributed by atoms with Gasteiger partial charge in [-0.2, -0.15) is 9.61 Å². The molecule has 1 N–H and O–H groups in total. The Morgan fingerprint density at radius 2 is 1.78 bits per heavy atom. The van der Waals surface area contributed by atoms with Gasteiger partial charge < -0.3 is 10.2 Å². The van der Waals surface area contributed by atoms with E-state index in [-0.39, 0.29) is 17.7 Å². The van der Waals surface area contributed by atoms with E-state index in [0.717, 1.165) is 4.47 Å². The summed E-state index contributed by atoms with van der Waals surface area (Å²) in [6.45, 7) is 1.14. The van der Waals surface area contributed by atoms with Gasteiger partial charge in [0.05, 0.1) is 6.20 Å². The molecule has 2 amide bonds. The van der Waals surface area contributed by atoms with Crippen molar-refractivity contribution in [2.75, 3.05) is 18.4 Å². The number of fused-ring (bicyclic) bond motifs is 1. The Kier molecular flexibility index (Phi) is 4.89. The van der Waals surface area contributed by atoms with E-state index in [1.54, 1.807) is 29.0 Å². The van der Waals surface area contributed by atoms with Crippen LogP contribution in [-0.2, 0) is 4.79 Å². The summed E-state index contributed by atoms with van der Waals surface area (Å²) in [6.07, 6.45) is 4.57. The summed E-state index contributed by atoms with van der Waals surface area (Å²) in [5, 5.41) is 7.11. The number of nitrogens with zero attached hydrogens (tertiary/aromatic N) is 4. The van der Waals surface area contributed by atoms with Crippen molar-refractivity contribution in [2.24, 2.45) is 5.92 Å². The topological polar surface area (TPSA) is 79.6 Å². The minimum Gasteiger partial charge on any atom is -0.339 e. The van der Waals surface area contributed by atoms with E-state index in [0.29, 0.717) is 43.0 Å². The zero-order chi connectivity index (χ0) is 18.8. The molecule has 1 fully saturated rings. The van der Waals surface area contributed by atoms with Crippen molar-refractivity contribution in [1.82, 2.24) is 19.5 Å². The fourth-order valence-corrected chi connectivity index (χ4v) is 3.54. The van der Waals surface area contributed by atoms with Gasteiger partial charge in [-0.1, -0.05) is 15.9 Å². The molecule has 138 valence electrons.